The summed E-state index contributed by atoms with van der Waals surface area (Å²) in [5, 5.41) is 0. The molecule has 2 unspecified atom stereocenters. The van der Waals surface area contributed by atoms with E-state index in [-0.39, 0.29) is 17.5 Å². The fourth-order valence-corrected chi connectivity index (χ4v) is 5.11. The van der Waals surface area contributed by atoms with E-state index in [0.29, 0.717) is 35.6 Å². The molecule has 4 heteroatoms. The van der Waals surface area contributed by atoms with Crippen molar-refractivity contribution in [3.05, 3.63) is 95.8 Å². The first-order chi connectivity index (χ1) is 18.0. The van der Waals surface area contributed by atoms with Crippen molar-refractivity contribution in [1.29, 1.82) is 0 Å². The van der Waals surface area contributed by atoms with Gasteiger partial charge in [0.2, 0.25) is 0 Å². The van der Waals surface area contributed by atoms with E-state index in [2.05, 4.69) is 13.5 Å². The molecule has 1 aliphatic heterocycles. The van der Waals surface area contributed by atoms with Crippen LogP contribution in [0.5, 0.6) is 0 Å². The van der Waals surface area contributed by atoms with Gasteiger partial charge >= 0.3 is 0 Å². The van der Waals surface area contributed by atoms with Crippen molar-refractivity contribution in [1.82, 2.24) is 0 Å². The third-order valence-corrected chi connectivity index (χ3v) is 7.48. The van der Waals surface area contributed by atoms with E-state index in [1.165, 1.54) is 25.3 Å². The summed E-state index contributed by atoms with van der Waals surface area (Å²) < 4.78 is 50.5. The van der Waals surface area contributed by atoms with E-state index >= 15 is 0 Å². The van der Waals surface area contributed by atoms with Gasteiger partial charge in [-0.15, -0.1) is 6.58 Å². The number of hydrogen-bond donors (Lipinski definition) is 0. The predicted octanol–water partition coefficient (Wildman–Crippen LogP) is 9.99. The molecule has 1 fully saturated rings. The van der Waals surface area contributed by atoms with Gasteiger partial charge in [-0.05, 0) is 54.0 Å². The van der Waals surface area contributed by atoms with Crippen molar-refractivity contribution in [2.24, 2.45) is 5.92 Å². The molecule has 0 saturated carbocycles. The maximum absolute atomic E-state index is 15.0. The molecular formula is C33H37F3O. The normalized spacial score (nSPS) is 17.6. The zero-order valence-electron chi connectivity index (χ0n) is 21.7. The topological polar surface area (TPSA) is 9.23 Å². The zero-order valence-corrected chi connectivity index (χ0v) is 21.7. The molecule has 1 saturated heterocycles. The van der Waals surface area contributed by atoms with Crippen LogP contribution in [0.3, 0.4) is 0 Å². The van der Waals surface area contributed by atoms with Gasteiger partial charge in [-0.2, -0.15) is 0 Å². The summed E-state index contributed by atoms with van der Waals surface area (Å²) in [6, 6.07) is 15.7. The minimum absolute atomic E-state index is 0.240. The Morgan fingerprint density at radius 2 is 1.51 bits per heavy atom. The number of unbranched alkanes of at least 4 members (excludes halogenated alkanes) is 5. The number of hydrogen-bond acceptors (Lipinski definition) is 1. The molecule has 2 atom stereocenters. The highest BCUT2D eigenvalue weighted by Gasteiger charge is 2.24. The number of rotatable bonds is 11. The Kier molecular flexibility index (Phi) is 9.62. The summed E-state index contributed by atoms with van der Waals surface area (Å²) >= 11 is 0. The first-order valence-electron chi connectivity index (χ1n) is 13.6. The van der Waals surface area contributed by atoms with Crippen LogP contribution in [0.15, 0.2) is 67.3 Å². The Labute approximate surface area is 219 Å². The largest absolute Gasteiger partial charge is 0.373 e. The Balaban J connectivity index is 1.42. The molecule has 0 bridgehead atoms. The quantitative estimate of drug-likeness (QED) is 0.186. The first kappa shape index (κ1) is 27.2. The van der Waals surface area contributed by atoms with Gasteiger partial charge < -0.3 is 4.74 Å². The van der Waals surface area contributed by atoms with Crippen molar-refractivity contribution in [3.63, 3.8) is 0 Å². The van der Waals surface area contributed by atoms with E-state index < -0.39 is 11.6 Å². The van der Waals surface area contributed by atoms with Gasteiger partial charge in [-0.1, -0.05) is 93.6 Å². The zero-order chi connectivity index (χ0) is 26.2. The summed E-state index contributed by atoms with van der Waals surface area (Å²) in [7, 11) is 0. The summed E-state index contributed by atoms with van der Waals surface area (Å²) in [4.78, 5) is 0. The SMILES string of the molecule is C=CC1CCC(c2ccc(-c3ccc(-c4ccc(CCCCCCCC)c(F)c4F)cc3)cc2F)OC1. The average Bonchev–Trinajstić information content (AvgIpc) is 2.93. The summed E-state index contributed by atoms with van der Waals surface area (Å²) in [6.45, 7) is 6.55. The number of halogens is 3. The van der Waals surface area contributed by atoms with Crippen molar-refractivity contribution in [2.45, 2.75) is 70.8 Å². The van der Waals surface area contributed by atoms with Crippen molar-refractivity contribution in [2.75, 3.05) is 6.61 Å². The standard InChI is InChI=1S/C33H37F3O/c1-3-5-6-7-8-9-10-26-16-18-28(33(36)32(26)35)25-14-12-24(13-15-25)27-17-19-29(30(34)21-27)31-20-11-23(4-2)22-37-31/h4,12-19,21,23,31H,2-3,5-11,20,22H2,1H3. The Hall–Kier alpha value is -2.85. The van der Waals surface area contributed by atoms with Gasteiger partial charge in [0.15, 0.2) is 11.6 Å². The van der Waals surface area contributed by atoms with Gasteiger partial charge in [0, 0.05) is 17.0 Å². The third-order valence-electron chi connectivity index (χ3n) is 7.48. The van der Waals surface area contributed by atoms with Gasteiger partial charge in [0.05, 0.1) is 12.7 Å². The highest BCUT2D eigenvalue weighted by atomic mass is 19.2. The summed E-state index contributed by atoms with van der Waals surface area (Å²) in [5.41, 5.74) is 3.38. The van der Waals surface area contributed by atoms with Crippen LogP contribution in [0.25, 0.3) is 22.3 Å². The second kappa shape index (κ2) is 13.1. The lowest BCUT2D eigenvalue weighted by molar-refractivity contribution is -0.00700. The minimum atomic E-state index is -0.808. The fourth-order valence-electron chi connectivity index (χ4n) is 5.11. The smallest absolute Gasteiger partial charge is 0.166 e. The fraction of sp³-hybridized carbons (Fsp3) is 0.394. The molecule has 3 aromatic rings. The molecule has 0 amide bonds. The van der Waals surface area contributed by atoms with Gasteiger partial charge in [0.1, 0.15) is 5.82 Å². The lowest BCUT2D eigenvalue weighted by Gasteiger charge is -2.28. The van der Waals surface area contributed by atoms with Gasteiger partial charge in [-0.3, -0.25) is 0 Å². The summed E-state index contributed by atoms with van der Waals surface area (Å²) in [5.74, 6) is -1.53. The van der Waals surface area contributed by atoms with Crippen molar-refractivity contribution < 1.29 is 17.9 Å². The lowest BCUT2D eigenvalue weighted by atomic mass is 9.93. The average molecular weight is 507 g/mol. The van der Waals surface area contributed by atoms with Crippen LogP contribution < -0.4 is 0 Å². The summed E-state index contributed by atoms with van der Waals surface area (Å²) in [6.07, 6.45) is 10.6. The molecule has 0 spiro atoms. The molecule has 3 aromatic carbocycles. The second-order valence-electron chi connectivity index (χ2n) is 10.1. The van der Waals surface area contributed by atoms with Crippen LogP contribution >= 0.6 is 0 Å². The molecule has 1 heterocycles. The molecule has 0 N–H and O–H groups in total. The molecule has 0 radical (unpaired) electrons. The Bertz CT molecular complexity index is 1180. The molecule has 0 aromatic heterocycles. The van der Waals surface area contributed by atoms with Crippen LogP contribution in [-0.4, -0.2) is 6.61 Å². The molecule has 0 aliphatic carbocycles. The number of benzene rings is 3. The monoisotopic (exact) mass is 506 g/mol. The number of ether oxygens (including phenoxy) is 1. The van der Waals surface area contributed by atoms with Gasteiger partial charge in [-0.25, -0.2) is 13.2 Å². The third kappa shape index (κ3) is 6.73. The van der Waals surface area contributed by atoms with Crippen LogP contribution in [-0.2, 0) is 11.2 Å². The number of aryl methyl sites for hydroxylation is 1. The Morgan fingerprint density at radius 1 is 0.811 bits per heavy atom. The molecule has 1 nitrogen and oxygen atoms in total. The van der Waals surface area contributed by atoms with Crippen molar-refractivity contribution in [3.8, 4) is 22.3 Å². The van der Waals surface area contributed by atoms with Gasteiger partial charge in [0.25, 0.3) is 0 Å². The molecular weight excluding hydrogens is 469 g/mol. The highest BCUT2D eigenvalue weighted by molar-refractivity contribution is 5.71. The van der Waals surface area contributed by atoms with E-state index in [1.807, 2.05) is 24.3 Å². The van der Waals surface area contributed by atoms with Crippen LogP contribution in [0.4, 0.5) is 13.2 Å². The maximum atomic E-state index is 15.0. The van der Waals surface area contributed by atoms with E-state index in [1.54, 1.807) is 30.3 Å². The maximum Gasteiger partial charge on any atom is 0.166 e. The van der Waals surface area contributed by atoms with E-state index in [9.17, 15) is 13.2 Å². The van der Waals surface area contributed by atoms with Crippen LogP contribution in [0.1, 0.15) is 75.5 Å². The van der Waals surface area contributed by atoms with E-state index in [0.717, 1.165) is 43.2 Å². The Morgan fingerprint density at radius 3 is 2.19 bits per heavy atom. The van der Waals surface area contributed by atoms with Crippen molar-refractivity contribution >= 4 is 0 Å². The van der Waals surface area contributed by atoms with Crippen LogP contribution in [0, 0.1) is 23.4 Å². The minimum Gasteiger partial charge on any atom is -0.373 e. The molecule has 196 valence electrons. The second-order valence-corrected chi connectivity index (χ2v) is 10.1. The molecule has 4 rings (SSSR count). The highest BCUT2D eigenvalue weighted by Crippen LogP contribution is 2.35. The predicted molar refractivity (Wildman–Crippen MR) is 146 cm³/mol. The lowest BCUT2D eigenvalue weighted by Crippen LogP contribution is -2.19. The first-order valence-corrected chi connectivity index (χ1v) is 13.6. The molecule has 37 heavy (non-hydrogen) atoms. The van der Waals surface area contributed by atoms with Crippen LogP contribution in [0.2, 0.25) is 0 Å². The van der Waals surface area contributed by atoms with E-state index in [4.69, 9.17) is 4.74 Å². The molecule has 1 aliphatic rings.